The number of para-hydroxylation sites is 1. The van der Waals surface area contributed by atoms with Crippen LogP contribution in [0.15, 0.2) is 24.3 Å². The number of carbonyl (C=O) groups is 4. The Bertz CT molecular complexity index is 785. The molecule has 150 valence electrons. The smallest absolute Gasteiger partial charge is 0.339 e. The van der Waals surface area contributed by atoms with E-state index in [-0.39, 0.29) is 36.7 Å². The van der Waals surface area contributed by atoms with Gasteiger partial charge in [-0.1, -0.05) is 12.1 Å². The highest BCUT2D eigenvalue weighted by Gasteiger charge is 2.39. The molecule has 0 N–H and O–H groups in total. The lowest BCUT2D eigenvalue weighted by molar-refractivity contribution is -0.149. The van der Waals surface area contributed by atoms with Gasteiger partial charge in [0.2, 0.25) is 11.8 Å². The van der Waals surface area contributed by atoms with Gasteiger partial charge < -0.3 is 19.3 Å². The van der Waals surface area contributed by atoms with Crippen molar-refractivity contribution in [3.05, 3.63) is 29.8 Å². The van der Waals surface area contributed by atoms with Gasteiger partial charge in [-0.25, -0.2) is 4.79 Å². The molecule has 0 aromatic heterocycles. The van der Waals surface area contributed by atoms with E-state index in [1.165, 1.54) is 19.1 Å². The predicted molar refractivity (Wildman–Crippen MR) is 99.6 cm³/mol. The minimum absolute atomic E-state index is 0.0882. The number of likely N-dealkylation sites (tertiary alicyclic amines) is 1. The maximum Gasteiger partial charge on any atom is 0.339 e. The van der Waals surface area contributed by atoms with Crippen molar-refractivity contribution in [2.45, 2.75) is 19.3 Å². The van der Waals surface area contributed by atoms with E-state index in [2.05, 4.69) is 0 Å². The lowest BCUT2D eigenvalue weighted by Gasteiger charge is -2.32. The molecule has 3 rings (SSSR count). The fourth-order valence-corrected chi connectivity index (χ4v) is 3.86. The third-order valence-corrected chi connectivity index (χ3v) is 5.42. The zero-order valence-corrected chi connectivity index (χ0v) is 16.1. The van der Waals surface area contributed by atoms with Crippen LogP contribution in [0.1, 0.15) is 29.6 Å². The van der Waals surface area contributed by atoms with Crippen molar-refractivity contribution in [2.75, 3.05) is 38.8 Å². The molecule has 0 aliphatic carbocycles. The van der Waals surface area contributed by atoms with Crippen LogP contribution in [0.2, 0.25) is 0 Å². The number of rotatable bonds is 4. The molecule has 2 fully saturated rings. The number of nitrogens with zero attached hydrogens (tertiary/aromatic N) is 2. The second kappa shape index (κ2) is 8.41. The Labute approximate surface area is 163 Å². The minimum Gasteiger partial charge on any atom is -0.469 e. The number of piperidine rings is 1. The maximum absolute atomic E-state index is 12.9. The van der Waals surface area contributed by atoms with Crippen LogP contribution in [0, 0.1) is 11.8 Å². The first-order valence-electron chi connectivity index (χ1n) is 9.30. The van der Waals surface area contributed by atoms with Crippen molar-refractivity contribution in [3.8, 4) is 0 Å². The summed E-state index contributed by atoms with van der Waals surface area (Å²) >= 11 is 0. The van der Waals surface area contributed by atoms with Crippen molar-refractivity contribution in [3.63, 3.8) is 0 Å². The molecule has 28 heavy (non-hydrogen) atoms. The summed E-state index contributed by atoms with van der Waals surface area (Å²) in [5.74, 6) is -1.69. The van der Waals surface area contributed by atoms with Gasteiger partial charge in [0.05, 0.1) is 37.3 Å². The van der Waals surface area contributed by atoms with Gasteiger partial charge in [0.25, 0.3) is 0 Å². The van der Waals surface area contributed by atoms with Crippen LogP contribution in [-0.2, 0) is 23.9 Å². The molecule has 1 aromatic carbocycles. The largest absolute Gasteiger partial charge is 0.469 e. The number of methoxy groups -OCH3 is 2. The van der Waals surface area contributed by atoms with E-state index in [1.807, 2.05) is 0 Å². The normalized spacial score (nSPS) is 20.2. The number of anilines is 1. The Morgan fingerprint density at radius 3 is 2.32 bits per heavy atom. The van der Waals surface area contributed by atoms with Crippen LogP contribution in [0.3, 0.4) is 0 Å². The molecule has 0 spiro atoms. The first-order chi connectivity index (χ1) is 13.5. The number of carbonyl (C=O) groups excluding carboxylic acids is 4. The second-order valence-electron chi connectivity index (χ2n) is 7.04. The summed E-state index contributed by atoms with van der Waals surface area (Å²) in [7, 11) is 2.65. The van der Waals surface area contributed by atoms with E-state index in [9.17, 15) is 19.2 Å². The number of hydrogen-bond acceptors (Lipinski definition) is 6. The molecule has 2 aliphatic rings. The zero-order chi connectivity index (χ0) is 20.3. The SMILES string of the molecule is COC(=O)c1ccccc1N1CC(C(=O)N2CCC(C(=O)OC)CC2)CC1=O. The molecule has 1 aromatic rings. The molecule has 0 bridgehead atoms. The molecular formula is C20H24N2O6. The summed E-state index contributed by atoms with van der Waals surface area (Å²) in [5.41, 5.74) is 0.754. The Morgan fingerprint density at radius 1 is 1.00 bits per heavy atom. The van der Waals surface area contributed by atoms with Gasteiger partial charge >= 0.3 is 11.9 Å². The molecule has 2 aliphatic heterocycles. The minimum atomic E-state index is -0.525. The quantitative estimate of drug-likeness (QED) is 0.721. The second-order valence-corrected chi connectivity index (χ2v) is 7.04. The molecule has 8 heteroatoms. The third-order valence-electron chi connectivity index (χ3n) is 5.42. The molecule has 2 amide bonds. The summed E-state index contributed by atoms with van der Waals surface area (Å²) in [4.78, 5) is 52.3. The Hall–Kier alpha value is -2.90. The number of benzene rings is 1. The number of ether oxygens (including phenoxy) is 2. The van der Waals surface area contributed by atoms with Crippen molar-refractivity contribution < 1.29 is 28.7 Å². The van der Waals surface area contributed by atoms with E-state index < -0.39 is 11.9 Å². The Balaban J connectivity index is 1.68. The van der Waals surface area contributed by atoms with Crippen LogP contribution >= 0.6 is 0 Å². The van der Waals surface area contributed by atoms with E-state index >= 15 is 0 Å². The van der Waals surface area contributed by atoms with Gasteiger partial charge in [-0.2, -0.15) is 0 Å². The van der Waals surface area contributed by atoms with Gasteiger partial charge in [-0.05, 0) is 25.0 Å². The lowest BCUT2D eigenvalue weighted by Crippen LogP contribution is -2.44. The van der Waals surface area contributed by atoms with Gasteiger partial charge in [0.15, 0.2) is 0 Å². The maximum atomic E-state index is 12.9. The molecule has 2 heterocycles. The topological polar surface area (TPSA) is 93.2 Å². The molecule has 2 saturated heterocycles. The van der Waals surface area contributed by atoms with Crippen LogP contribution < -0.4 is 4.90 Å². The Kier molecular flexibility index (Phi) is 5.96. The molecule has 8 nitrogen and oxygen atoms in total. The average Bonchev–Trinajstić information content (AvgIpc) is 3.13. The third kappa shape index (κ3) is 3.85. The zero-order valence-electron chi connectivity index (χ0n) is 16.1. The van der Waals surface area contributed by atoms with E-state index in [1.54, 1.807) is 29.2 Å². The molecule has 1 atom stereocenters. The molecular weight excluding hydrogens is 364 g/mol. The van der Waals surface area contributed by atoms with Crippen molar-refractivity contribution in [1.82, 2.24) is 4.90 Å². The standard InChI is InChI=1S/C20H24N2O6/c1-27-19(25)13-7-9-21(10-8-13)18(24)14-11-17(23)22(12-14)16-6-4-3-5-15(16)20(26)28-2/h3-6,13-14H,7-12H2,1-2H3. The van der Waals surface area contributed by atoms with Crippen molar-refractivity contribution in [2.24, 2.45) is 11.8 Å². The summed E-state index contributed by atoms with van der Waals surface area (Å²) in [6.07, 6.45) is 1.23. The number of esters is 2. The first-order valence-corrected chi connectivity index (χ1v) is 9.30. The van der Waals surface area contributed by atoms with Crippen LogP contribution in [0.4, 0.5) is 5.69 Å². The van der Waals surface area contributed by atoms with Gasteiger partial charge in [-0.15, -0.1) is 0 Å². The highest BCUT2D eigenvalue weighted by molar-refractivity contribution is 6.05. The summed E-state index contributed by atoms with van der Waals surface area (Å²) < 4.78 is 9.56. The number of hydrogen-bond donors (Lipinski definition) is 0. The fourth-order valence-electron chi connectivity index (χ4n) is 3.86. The number of amides is 2. The summed E-state index contributed by atoms with van der Waals surface area (Å²) in [6.45, 7) is 1.17. The predicted octanol–water partition coefficient (Wildman–Crippen LogP) is 1.24. The van der Waals surface area contributed by atoms with Crippen LogP contribution in [-0.4, -0.2) is 62.5 Å². The van der Waals surface area contributed by atoms with Gasteiger partial charge in [-0.3, -0.25) is 14.4 Å². The van der Waals surface area contributed by atoms with Crippen molar-refractivity contribution in [1.29, 1.82) is 0 Å². The molecule has 0 saturated carbocycles. The van der Waals surface area contributed by atoms with E-state index in [4.69, 9.17) is 9.47 Å². The summed E-state index contributed by atoms with van der Waals surface area (Å²) in [5, 5.41) is 0. The first kappa shape index (κ1) is 19.9. The van der Waals surface area contributed by atoms with Crippen LogP contribution in [0.25, 0.3) is 0 Å². The fraction of sp³-hybridized carbons (Fsp3) is 0.500. The lowest BCUT2D eigenvalue weighted by atomic mass is 9.95. The molecule has 0 radical (unpaired) electrons. The van der Waals surface area contributed by atoms with Crippen LogP contribution in [0.5, 0.6) is 0 Å². The highest BCUT2D eigenvalue weighted by Crippen LogP contribution is 2.30. The average molecular weight is 388 g/mol. The van der Waals surface area contributed by atoms with E-state index in [0.29, 0.717) is 37.2 Å². The van der Waals surface area contributed by atoms with E-state index in [0.717, 1.165) is 0 Å². The van der Waals surface area contributed by atoms with Gasteiger partial charge in [0.1, 0.15) is 0 Å². The monoisotopic (exact) mass is 388 g/mol. The highest BCUT2D eigenvalue weighted by atomic mass is 16.5. The molecule has 1 unspecified atom stereocenters. The van der Waals surface area contributed by atoms with Gasteiger partial charge in [0, 0.05) is 26.1 Å². The Morgan fingerprint density at radius 2 is 1.68 bits per heavy atom. The van der Waals surface area contributed by atoms with Crippen molar-refractivity contribution >= 4 is 29.4 Å². The summed E-state index contributed by atoms with van der Waals surface area (Å²) in [6, 6.07) is 6.71.